The Morgan fingerprint density at radius 1 is 1.52 bits per heavy atom. The van der Waals surface area contributed by atoms with Gasteiger partial charge in [-0.05, 0) is 12.0 Å². The van der Waals surface area contributed by atoms with Crippen LogP contribution in [0.25, 0.3) is 0 Å². The van der Waals surface area contributed by atoms with Crippen molar-refractivity contribution in [1.82, 2.24) is 14.8 Å². The minimum atomic E-state index is -1.27. The van der Waals surface area contributed by atoms with Gasteiger partial charge in [0, 0.05) is 25.9 Å². The molecule has 9 heteroatoms. The fourth-order valence-corrected chi connectivity index (χ4v) is 1.78. The second-order valence-corrected chi connectivity index (χ2v) is 4.35. The number of rotatable bonds is 6. The van der Waals surface area contributed by atoms with Crippen molar-refractivity contribution >= 4 is 17.5 Å². The summed E-state index contributed by atoms with van der Waals surface area (Å²) >= 11 is 0. The third kappa shape index (κ3) is 3.53. The van der Waals surface area contributed by atoms with Crippen LogP contribution in [0.4, 0.5) is 11.5 Å². The van der Waals surface area contributed by atoms with Crippen molar-refractivity contribution in [2.24, 2.45) is 7.05 Å². The lowest BCUT2D eigenvalue weighted by Crippen LogP contribution is -2.11. The van der Waals surface area contributed by atoms with Crippen molar-refractivity contribution < 1.29 is 14.8 Å². The van der Waals surface area contributed by atoms with E-state index in [0.29, 0.717) is 13.0 Å². The van der Waals surface area contributed by atoms with Crippen LogP contribution >= 0.6 is 0 Å². The standard InChI is InChI=1S/C12H13N5O4/c1-16-7-8(5-15-16)2-3-13-11-10(12(18)19)4-9(6-14-11)17(20)21/h4-7H,2-3H2,1H3,(H,13,14)(H,18,19). The molecule has 0 aliphatic rings. The molecule has 0 aromatic carbocycles. The van der Waals surface area contributed by atoms with E-state index in [4.69, 9.17) is 5.11 Å². The molecule has 0 aliphatic carbocycles. The number of aromatic carboxylic acids is 1. The van der Waals surface area contributed by atoms with Crippen molar-refractivity contribution in [2.75, 3.05) is 11.9 Å². The third-order valence-electron chi connectivity index (χ3n) is 2.78. The highest BCUT2D eigenvalue weighted by Crippen LogP contribution is 2.19. The summed E-state index contributed by atoms with van der Waals surface area (Å²) in [4.78, 5) is 24.9. The monoisotopic (exact) mass is 291 g/mol. The zero-order chi connectivity index (χ0) is 15.4. The number of anilines is 1. The normalized spacial score (nSPS) is 10.3. The van der Waals surface area contributed by atoms with Gasteiger partial charge in [-0.3, -0.25) is 14.8 Å². The van der Waals surface area contributed by atoms with Gasteiger partial charge in [0.05, 0.1) is 11.1 Å². The van der Waals surface area contributed by atoms with Gasteiger partial charge < -0.3 is 10.4 Å². The Balaban J connectivity index is 2.08. The minimum absolute atomic E-state index is 0.108. The molecule has 2 rings (SSSR count). The van der Waals surface area contributed by atoms with Crippen LogP contribution in [0.15, 0.2) is 24.7 Å². The smallest absolute Gasteiger partial charge is 0.339 e. The lowest BCUT2D eigenvalue weighted by Gasteiger charge is -2.07. The first-order valence-corrected chi connectivity index (χ1v) is 6.06. The summed E-state index contributed by atoms with van der Waals surface area (Å²) in [6.45, 7) is 0.441. The van der Waals surface area contributed by atoms with Gasteiger partial charge in [-0.2, -0.15) is 5.10 Å². The van der Waals surface area contributed by atoms with Crippen LogP contribution in [0.3, 0.4) is 0 Å². The third-order valence-corrected chi connectivity index (χ3v) is 2.78. The molecule has 21 heavy (non-hydrogen) atoms. The van der Waals surface area contributed by atoms with Gasteiger partial charge in [0.1, 0.15) is 17.6 Å². The Bertz CT molecular complexity index is 682. The molecule has 2 aromatic rings. The summed E-state index contributed by atoms with van der Waals surface area (Å²) < 4.78 is 1.67. The molecule has 0 saturated carbocycles. The van der Waals surface area contributed by atoms with E-state index in [1.165, 1.54) is 0 Å². The quantitative estimate of drug-likeness (QED) is 0.602. The average molecular weight is 291 g/mol. The van der Waals surface area contributed by atoms with Gasteiger partial charge in [0.25, 0.3) is 5.69 Å². The van der Waals surface area contributed by atoms with Gasteiger partial charge in [-0.25, -0.2) is 9.78 Å². The first-order valence-electron chi connectivity index (χ1n) is 6.06. The number of hydrogen-bond acceptors (Lipinski definition) is 6. The lowest BCUT2D eigenvalue weighted by molar-refractivity contribution is -0.385. The maximum Gasteiger partial charge on any atom is 0.339 e. The molecule has 0 radical (unpaired) electrons. The van der Waals surface area contributed by atoms with Crippen LogP contribution < -0.4 is 5.32 Å². The van der Waals surface area contributed by atoms with Crippen molar-refractivity contribution in [3.05, 3.63) is 45.9 Å². The molecule has 2 N–H and O–H groups in total. The first-order chi connectivity index (χ1) is 9.97. The molecule has 0 spiro atoms. The number of carbonyl (C=O) groups is 1. The number of nitrogens with zero attached hydrogens (tertiary/aromatic N) is 4. The maximum atomic E-state index is 11.1. The molecule has 110 valence electrons. The van der Waals surface area contributed by atoms with E-state index in [1.54, 1.807) is 17.9 Å². The second-order valence-electron chi connectivity index (χ2n) is 4.35. The van der Waals surface area contributed by atoms with Crippen molar-refractivity contribution in [1.29, 1.82) is 0 Å². The van der Waals surface area contributed by atoms with Crippen LogP contribution in [0, 0.1) is 10.1 Å². The van der Waals surface area contributed by atoms with E-state index >= 15 is 0 Å². The molecule has 0 atom stereocenters. The summed E-state index contributed by atoms with van der Waals surface area (Å²) in [7, 11) is 1.80. The molecular formula is C12H13N5O4. The van der Waals surface area contributed by atoms with Gasteiger partial charge in [0.15, 0.2) is 0 Å². The van der Waals surface area contributed by atoms with E-state index in [2.05, 4.69) is 15.4 Å². The number of aromatic nitrogens is 3. The highest BCUT2D eigenvalue weighted by atomic mass is 16.6. The number of carboxylic acids is 1. The highest BCUT2D eigenvalue weighted by molar-refractivity contribution is 5.93. The fourth-order valence-electron chi connectivity index (χ4n) is 1.78. The van der Waals surface area contributed by atoms with E-state index in [0.717, 1.165) is 17.8 Å². The Morgan fingerprint density at radius 3 is 2.86 bits per heavy atom. The molecule has 0 bridgehead atoms. The van der Waals surface area contributed by atoms with E-state index in [1.807, 2.05) is 6.20 Å². The number of hydrogen-bond donors (Lipinski definition) is 2. The zero-order valence-electron chi connectivity index (χ0n) is 11.2. The van der Waals surface area contributed by atoms with E-state index in [-0.39, 0.29) is 17.1 Å². The molecule has 0 saturated heterocycles. The van der Waals surface area contributed by atoms with Crippen molar-refractivity contribution in [2.45, 2.75) is 6.42 Å². The van der Waals surface area contributed by atoms with E-state index < -0.39 is 10.9 Å². The predicted octanol–water partition coefficient (Wildman–Crippen LogP) is 1.08. The molecule has 2 heterocycles. The number of pyridine rings is 1. The summed E-state index contributed by atoms with van der Waals surface area (Å²) in [5.41, 5.74) is 0.407. The Hall–Kier alpha value is -2.97. The van der Waals surface area contributed by atoms with Gasteiger partial charge in [0.2, 0.25) is 0 Å². The summed E-state index contributed by atoms with van der Waals surface area (Å²) in [6, 6.07) is 0.988. The first kappa shape index (κ1) is 14.4. The van der Waals surface area contributed by atoms with Crippen LogP contribution in [0.1, 0.15) is 15.9 Å². The lowest BCUT2D eigenvalue weighted by atomic mass is 10.2. The van der Waals surface area contributed by atoms with Crippen LogP contribution in [0.5, 0.6) is 0 Å². The molecule has 2 aromatic heterocycles. The molecule has 9 nitrogen and oxygen atoms in total. The van der Waals surface area contributed by atoms with Crippen LogP contribution in [-0.4, -0.2) is 37.3 Å². The predicted molar refractivity (Wildman–Crippen MR) is 73.3 cm³/mol. The fraction of sp³-hybridized carbons (Fsp3) is 0.250. The second kappa shape index (κ2) is 5.99. The SMILES string of the molecule is Cn1cc(CCNc2ncc([N+](=O)[O-])cc2C(=O)O)cn1. The van der Waals surface area contributed by atoms with Gasteiger partial charge in [-0.15, -0.1) is 0 Å². The molecule has 0 aliphatic heterocycles. The average Bonchev–Trinajstić information content (AvgIpc) is 2.84. The molecule has 0 fully saturated rings. The topological polar surface area (TPSA) is 123 Å². The molecule has 0 amide bonds. The maximum absolute atomic E-state index is 11.1. The van der Waals surface area contributed by atoms with Gasteiger partial charge in [-0.1, -0.05) is 0 Å². The number of carboxylic acid groups (broad SMARTS) is 1. The van der Waals surface area contributed by atoms with Crippen LogP contribution in [-0.2, 0) is 13.5 Å². The highest BCUT2D eigenvalue weighted by Gasteiger charge is 2.17. The Kier molecular flexibility index (Phi) is 4.12. The Labute approximate surface area is 119 Å². The largest absolute Gasteiger partial charge is 0.478 e. The number of nitrogens with one attached hydrogen (secondary N) is 1. The summed E-state index contributed by atoms with van der Waals surface area (Å²) in [5.74, 6) is -1.16. The zero-order valence-corrected chi connectivity index (χ0v) is 11.2. The Morgan fingerprint density at radius 2 is 2.29 bits per heavy atom. The number of aryl methyl sites for hydroxylation is 1. The van der Waals surface area contributed by atoms with Crippen LogP contribution in [0.2, 0.25) is 0 Å². The summed E-state index contributed by atoms with van der Waals surface area (Å²) in [5, 5.41) is 26.6. The van der Waals surface area contributed by atoms with E-state index in [9.17, 15) is 14.9 Å². The minimum Gasteiger partial charge on any atom is -0.478 e. The summed E-state index contributed by atoms with van der Waals surface area (Å²) in [6.07, 6.45) is 5.22. The molecular weight excluding hydrogens is 278 g/mol. The van der Waals surface area contributed by atoms with Crippen molar-refractivity contribution in [3.63, 3.8) is 0 Å². The molecule has 0 unspecified atom stereocenters. The number of nitro groups is 1. The van der Waals surface area contributed by atoms with Gasteiger partial charge >= 0.3 is 5.97 Å². The van der Waals surface area contributed by atoms with Crippen molar-refractivity contribution in [3.8, 4) is 0 Å².